The van der Waals surface area contributed by atoms with Crippen LogP contribution >= 0.6 is 0 Å². The average molecular weight is 450 g/mol. The van der Waals surface area contributed by atoms with Gasteiger partial charge >= 0.3 is 7.48 Å². The molecule has 1 radical (unpaired) electrons. The maximum atomic E-state index is 10.3. The molecular formula is C26H37BN3O3. The van der Waals surface area contributed by atoms with Crippen LogP contribution in [0.2, 0.25) is 0 Å². The quantitative estimate of drug-likeness (QED) is 0.658. The van der Waals surface area contributed by atoms with Crippen LogP contribution < -0.4 is 20.4 Å². The highest BCUT2D eigenvalue weighted by molar-refractivity contribution is 6.47. The predicted molar refractivity (Wildman–Crippen MR) is 134 cm³/mol. The standard InChI is InChI=1S/C26H37BN3O3/c1-24(2,3)29-19-12-13-30(15-19)22-11-10-21-20-9-8-18(14-17(20)16-32-23(21)28-22)27-33-26(6,7)25(4,5)31/h8-11,14,19,29,31H,12-13,15-16H2,1-7H3. The molecule has 0 amide bonds. The number of rotatable bonds is 6. The highest BCUT2D eigenvalue weighted by atomic mass is 16.5. The molecule has 2 N–H and O–H groups in total. The van der Waals surface area contributed by atoms with E-state index in [9.17, 15) is 5.11 Å². The predicted octanol–water partition coefficient (Wildman–Crippen LogP) is 3.42. The van der Waals surface area contributed by atoms with Crippen LogP contribution in [0.3, 0.4) is 0 Å². The van der Waals surface area contributed by atoms with E-state index in [-0.39, 0.29) is 5.54 Å². The number of hydrogen-bond donors (Lipinski definition) is 2. The van der Waals surface area contributed by atoms with Crippen molar-refractivity contribution in [2.45, 2.75) is 84.3 Å². The van der Waals surface area contributed by atoms with Crippen LogP contribution in [-0.4, -0.2) is 53.4 Å². The largest absolute Gasteiger partial charge is 0.472 e. The molecule has 33 heavy (non-hydrogen) atoms. The fourth-order valence-corrected chi connectivity index (χ4v) is 4.20. The van der Waals surface area contributed by atoms with Crippen LogP contribution in [0.1, 0.15) is 60.5 Å². The first-order valence-corrected chi connectivity index (χ1v) is 11.9. The van der Waals surface area contributed by atoms with E-state index in [1.807, 2.05) is 19.9 Å². The maximum absolute atomic E-state index is 10.3. The lowest BCUT2D eigenvalue weighted by Crippen LogP contribution is -2.49. The molecule has 0 bridgehead atoms. The number of fused-ring (bicyclic) bond motifs is 3. The van der Waals surface area contributed by atoms with Crippen LogP contribution in [0.5, 0.6) is 5.88 Å². The summed E-state index contributed by atoms with van der Waals surface area (Å²) in [5.41, 5.74) is 2.66. The van der Waals surface area contributed by atoms with Crippen molar-refractivity contribution in [1.29, 1.82) is 0 Å². The van der Waals surface area contributed by atoms with Crippen molar-refractivity contribution < 1.29 is 14.5 Å². The van der Waals surface area contributed by atoms with Crippen molar-refractivity contribution in [1.82, 2.24) is 10.3 Å². The highest BCUT2D eigenvalue weighted by Gasteiger charge is 2.36. The Morgan fingerprint density at radius 3 is 2.52 bits per heavy atom. The molecule has 2 aromatic rings. The number of hydrogen-bond acceptors (Lipinski definition) is 6. The van der Waals surface area contributed by atoms with Crippen molar-refractivity contribution >= 4 is 18.8 Å². The van der Waals surface area contributed by atoms with E-state index in [2.05, 4.69) is 55.3 Å². The molecule has 2 aliphatic rings. The number of aromatic nitrogens is 1. The minimum absolute atomic E-state index is 0.113. The lowest BCUT2D eigenvalue weighted by molar-refractivity contribution is -0.0893. The molecule has 2 aliphatic heterocycles. The summed E-state index contributed by atoms with van der Waals surface area (Å²) in [4.78, 5) is 7.19. The highest BCUT2D eigenvalue weighted by Crippen LogP contribution is 2.37. The topological polar surface area (TPSA) is 66.9 Å². The molecule has 1 aromatic carbocycles. The van der Waals surface area contributed by atoms with Gasteiger partial charge in [-0.15, -0.1) is 0 Å². The summed E-state index contributed by atoms with van der Waals surface area (Å²) in [5.74, 6) is 1.67. The fraction of sp³-hybridized carbons (Fsp3) is 0.577. The SMILES string of the molecule is CC(C)(C)NC1CCN(c2ccc3c(n2)OCc2cc([B]OC(C)(C)C(C)(C)O)ccc2-3)C1. The second-order valence-electron chi connectivity index (χ2n) is 11.4. The summed E-state index contributed by atoms with van der Waals surface area (Å²) in [6.45, 7) is 16.3. The molecule has 0 aliphatic carbocycles. The van der Waals surface area contributed by atoms with E-state index in [0.29, 0.717) is 18.5 Å². The molecule has 1 unspecified atom stereocenters. The van der Waals surface area contributed by atoms with E-state index in [1.54, 1.807) is 21.3 Å². The zero-order valence-corrected chi connectivity index (χ0v) is 21.0. The monoisotopic (exact) mass is 450 g/mol. The van der Waals surface area contributed by atoms with E-state index in [4.69, 9.17) is 14.4 Å². The Balaban J connectivity index is 1.47. The summed E-state index contributed by atoms with van der Waals surface area (Å²) in [5, 5.41) is 14.0. The van der Waals surface area contributed by atoms with Gasteiger partial charge in [0.15, 0.2) is 0 Å². The van der Waals surface area contributed by atoms with Crippen LogP contribution in [-0.2, 0) is 11.3 Å². The Labute approximate surface area is 199 Å². The van der Waals surface area contributed by atoms with Crippen molar-refractivity contribution in [2.24, 2.45) is 0 Å². The van der Waals surface area contributed by atoms with Crippen LogP contribution in [0, 0.1) is 0 Å². The lowest BCUT2D eigenvalue weighted by Gasteiger charge is -2.37. The van der Waals surface area contributed by atoms with Gasteiger partial charge in [-0.3, -0.25) is 0 Å². The number of pyridine rings is 1. The summed E-state index contributed by atoms with van der Waals surface area (Å²) < 4.78 is 12.0. The van der Waals surface area contributed by atoms with Crippen molar-refractivity contribution in [3.8, 4) is 17.0 Å². The molecule has 1 fully saturated rings. The first kappa shape index (κ1) is 24.1. The molecule has 1 saturated heterocycles. The molecule has 0 spiro atoms. The summed E-state index contributed by atoms with van der Waals surface area (Å²) in [6.07, 6.45) is 1.12. The van der Waals surface area contributed by atoms with E-state index < -0.39 is 11.2 Å². The lowest BCUT2D eigenvalue weighted by atomic mass is 9.81. The summed E-state index contributed by atoms with van der Waals surface area (Å²) in [6, 6.07) is 10.9. The Hall–Kier alpha value is -2.09. The Kier molecular flexibility index (Phi) is 6.27. The molecule has 4 rings (SSSR count). The number of ether oxygens (including phenoxy) is 1. The number of benzene rings is 1. The molecule has 1 aromatic heterocycles. The van der Waals surface area contributed by atoms with E-state index in [1.165, 1.54) is 0 Å². The third kappa shape index (κ3) is 5.37. The minimum Gasteiger partial charge on any atom is -0.472 e. The second kappa shape index (κ2) is 8.60. The van der Waals surface area contributed by atoms with Gasteiger partial charge in [0.1, 0.15) is 12.4 Å². The van der Waals surface area contributed by atoms with Crippen molar-refractivity contribution in [3.05, 3.63) is 35.9 Å². The van der Waals surface area contributed by atoms with Crippen molar-refractivity contribution in [3.63, 3.8) is 0 Å². The van der Waals surface area contributed by atoms with Crippen molar-refractivity contribution in [2.75, 3.05) is 18.0 Å². The third-order valence-corrected chi connectivity index (χ3v) is 6.74. The number of aliphatic hydroxyl groups is 1. The molecule has 1 atom stereocenters. The molecule has 6 nitrogen and oxygen atoms in total. The number of anilines is 1. The second-order valence-corrected chi connectivity index (χ2v) is 11.4. The molecule has 0 saturated carbocycles. The van der Waals surface area contributed by atoms with Gasteiger partial charge in [-0.25, -0.2) is 0 Å². The smallest absolute Gasteiger partial charge is 0.330 e. The molecular weight excluding hydrogens is 413 g/mol. The van der Waals surface area contributed by atoms with Crippen LogP contribution in [0.4, 0.5) is 5.82 Å². The zero-order valence-electron chi connectivity index (χ0n) is 21.0. The van der Waals surface area contributed by atoms with Gasteiger partial charge in [-0.05, 0) is 78.1 Å². The minimum atomic E-state index is -0.957. The fourth-order valence-electron chi connectivity index (χ4n) is 4.20. The summed E-state index contributed by atoms with van der Waals surface area (Å²) >= 11 is 0. The Morgan fingerprint density at radius 2 is 1.82 bits per heavy atom. The molecule has 7 heteroatoms. The van der Waals surface area contributed by atoms with Gasteiger partial charge in [0, 0.05) is 30.2 Å². The van der Waals surface area contributed by atoms with Gasteiger partial charge in [-0.2, -0.15) is 4.98 Å². The first-order valence-electron chi connectivity index (χ1n) is 11.9. The normalized spacial score (nSPS) is 18.5. The van der Waals surface area contributed by atoms with E-state index >= 15 is 0 Å². The van der Waals surface area contributed by atoms with Crippen LogP contribution in [0.25, 0.3) is 11.1 Å². The average Bonchev–Trinajstić information content (AvgIpc) is 3.17. The third-order valence-electron chi connectivity index (χ3n) is 6.74. The van der Waals surface area contributed by atoms with Gasteiger partial charge < -0.3 is 24.7 Å². The number of nitrogens with zero attached hydrogens (tertiary/aromatic N) is 2. The Morgan fingerprint density at radius 1 is 1.09 bits per heavy atom. The maximum Gasteiger partial charge on any atom is 0.330 e. The van der Waals surface area contributed by atoms with E-state index in [0.717, 1.165) is 47.5 Å². The number of nitrogens with one attached hydrogen (secondary N) is 1. The van der Waals surface area contributed by atoms with Gasteiger partial charge in [0.25, 0.3) is 0 Å². The van der Waals surface area contributed by atoms with Gasteiger partial charge in [-0.1, -0.05) is 23.7 Å². The zero-order chi connectivity index (χ0) is 24.0. The summed E-state index contributed by atoms with van der Waals surface area (Å²) in [7, 11) is 1.71. The van der Waals surface area contributed by atoms with Gasteiger partial charge in [0.2, 0.25) is 5.88 Å². The molecule has 3 heterocycles. The van der Waals surface area contributed by atoms with Gasteiger partial charge in [0.05, 0.1) is 11.2 Å². The first-order chi connectivity index (χ1) is 15.3. The van der Waals surface area contributed by atoms with Crippen LogP contribution in [0.15, 0.2) is 30.3 Å². The molecule has 177 valence electrons. The Bertz CT molecular complexity index is 1010.